The molecule has 3 aromatic heterocycles. The molecule has 1 aliphatic rings. The highest BCUT2D eigenvalue weighted by molar-refractivity contribution is 5.72. The summed E-state index contributed by atoms with van der Waals surface area (Å²) in [5.74, 6) is 1.87. The van der Waals surface area contributed by atoms with Crippen LogP contribution in [0.1, 0.15) is 31.5 Å². The number of hydrogen-bond acceptors (Lipinski definition) is 9. The first kappa shape index (κ1) is 21.9. The molecule has 0 spiro atoms. The summed E-state index contributed by atoms with van der Waals surface area (Å²) in [6.07, 6.45) is 2.45. The van der Waals surface area contributed by atoms with Crippen molar-refractivity contribution in [2.45, 2.75) is 32.6 Å². The average Bonchev–Trinajstić information content (AvgIpc) is 3.50. The molecule has 0 bridgehead atoms. The highest BCUT2D eigenvalue weighted by Crippen LogP contribution is 2.23. The smallest absolute Gasteiger partial charge is 0.309 e. The van der Waals surface area contributed by atoms with Gasteiger partial charge in [-0.15, -0.1) is 15.3 Å². The minimum atomic E-state index is -0.318. The second-order valence-electron chi connectivity index (χ2n) is 8.11. The average molecular weight is 465 g/mol. The largest absolute Gasteiger partial charge is 0.466 e. The Balaban J connectivity index is 1.25. The Hall–Kier alpha value is -3.89. The van der Waals surface area contributed by atoms with Crippen molar-refractivity contribution in [2.24, 2.45) is 5.92 Å². The number of benzene rings is 1. The molecule has 1 fully saturated rings. The van der Waals surface area contributed by atoms with Crippen molar-refractivity contribution in [2.75, 3.05) is 24.6 Å². The van der Waals surface area contributed by atoms with Crippen molar-refractivity contribution >= 4 is 17.4 Å². The van der Waals surface area contributed by atoms with E-state index in [1.807, 2.05) is 19.1 Å². The summed E-state index contributed by atoms with van der Waals surface area (Å²) in [6.45, 7) is 3.69. The zero-order chi connectivity index (χ0) is 23.5. The number of esters is 1. The molecule has 34 heavy (non-hydrogen) atoms. The maximum Gasteiger partial charge on any atom is 0.309 e. The maximum absolute atomic E-state index is 13.1. The molecule has 10 nitrogen and oxygen atoms in total. The van der Waals surface area contributed by atoms with E-state index in [0.29, 0.717) is 48.2 Å². The van der Waals surface area contributed by atoms with E-state index in [9.17, 15) is 9.18 Å². The molecule has 0 amide bonds. The molecular weight excluding hydrogens is 441 g/mol. The van der Waals surface area contributed by atoms with E-state index < -0.39 is 0 Å². The van der Waals surface area contributed by atoms with E-state index in [1.165, 1.54) is 12.1 Å². The molecule has 1 aromatic carbocycles. The molecule has 0 saturated carbocycles. The van der Waals surface area contributed by atoms with Crippen molar-refractivity contribution < 1.29 is 18.4 Å². The van der Waals surface area contributed by atoms with Gasteiger partial charge in [-0.3, -0.25) is 4.79 Å². The van der Waals surface area contributed by atoms with Crippen LogP contribution in [-0.4, -0.2) is 55.6 Å². The van der Waals surface area contributed by atoms with E-state index in [2.05, 4.69) is 25.2 Å². The first-order valence-corrected chi connectivity index (χ1v) is 11.3. The van der Waals surface area contributed by atoms with Gasteiger partial charge in [-0.25, -0.2) is 4.39 Å². The summed E-state index contributed by atoms with van der Waals surface area (Å²) in [5.41, 5.74) is 1.33. The summed E-state index contributed by atoms with van der Waals surface area (Å²) in [6, 6.07) is 9.74. The van der Waals surface area contributed by atoms with E-state index in [1.54, 1.807) is 16.6 Å². The van der Waals surface area contributed by atoms with Crippen LogP contribution in [0.15, 0.2) is 40.9 Å². The highest BCUT2D eigenvalue weighted by atomic mass is 19.1. The lowest BCUT2D eigenvalue weighted by Gasteiger charge is -2.31. The van der Waals surface area contributed by atoms with Crippen molar-refractivity contribution in [3.8, 4) is 11.4 Å². The molecule has 4 aromatic rings. The molecule has 176 valence electrons. The molecule has 0 atom stereocenters. The molecule has 0 aliphatic carbocycles. The number of ether oxygens (including phenoxy) is 1. The van der Waals surface area contributed by atoms with Crippen LogP contribution >= 0.6 is 0 Å². The second kappa shape index (κ2) is 9.54. The fourth-order valence-corrected chi connectivity index (χ4v) is 4.04. The fourth-order valence-electron chi connectivity index (χ4n) is 4.04. The number of carbonyl (C=O) groups is 1. The Morgan fingerprint density at radius 3 is 2.68 bits per heavy atom. The minimum absolute atomic E-state index is 0.0559. The Kier molecular flexibility index (Phi) is 6.15. The molecule has 0 N–H and O–H groups in total. The third-order valence-electron chi connectivity index (χ3n) is 5.89. The molecule has 11 heteroatoms. The molecule has 5 rings (SSSR count). The van der Waals surface area contributed by atoms with Gasteiger partial charge in [0.15, 0.2) is 11.5 Å². The lowest BCUT2D eigenvalue weighted by molar-refractivity contribution is -0.148. The van der Waals surface area contributed by atoms with Crippen LogP contribution in [-0.2, 0) is 22.4 Å². The fraction of sp³-hybridized carbons (Fsp3) is 0.391. The number of rotatable bonds is 7. The van der Waals surface area contributed by atoms with Crippen LogP contribution in [0.3, 0.4) is 0 Å². The van der Waals surface area contributed by atoms with Crippen LogP contribution in [0.5, 0.6) is 0 Å². The summed E-state index contributed by atoms with van der Waals surface area (Å²) in [7, 11) is 0. The SMILES string of the molecule is CCOC(=O)C1CCN(c2ccc3nnc(CCc4nc(-c5ccc(F)cc5)no4)n3n2)CC1. The van der Waals surface area contributed by atoms with Crippen molar-refractivity contribution in [1.29, 1.82) is 0 Å². The molecule has 0 radical (unpaired) electrons. The monoisotopic (exact) mass is 465 g/mol. The molecule has 0 unspecified atom stereocenters. The minimum Gasteiger partial charge on any atom is -0.466 e. The van der Waals surface area contributed by atoms with Gasteiger partial charge in [0, 0.05) is 31.5 Å². The topological polar surface area (TPSA) is 112 Å². The van der Waals surface area contributed by atoms with Crippen LogP contribution in [0.25, 0.3) is 17.0 Å². The number of aryl methyl sites for hydroxylation is 2. The number of anilines is 1. The third kappa shape index (κ3) is 4.59. The summed E-state index contributed by atoms with van der Waals surface area (Å²) in [5, 5.41) is 17.2. The zero-order valence-electron chi connectivity index (χ0n) is 18.7. The molecule has 1 aliphatic heterocycles. The quantitative estimate of drug-likeness (QED) is 0.380. The lowest BCUT2D eigenvalue weighted by atomic mass is 9.97. The Morgan fingerprint density at radius 1 is 1.12 bits per heavy atom. The lowest BCUT2D eigenvalue weighted by Crippen LogP contribution is -2.37. The predicted octanol–water partition coefficient (Wildman–Crippen LogP) is 2.88. The standard InChI is InChI=1S/C23H24FN7O3/c1-2-33-23(32)16-11-13-30(14-12-16)20-8-7-18-26-27-19(31(18)28-20)9-10-21-25-22(29-34-21)15-3-5-17(24)6-4-15/h3-8,16H,2,9-14H2,1H3. The Labute approximate surface area is 194 Å². The number of halogens is 1. The predicted molar refractivity (Wildman–Crippen MR) is 119 cm³/mol. The normalized spacial score (nSPS) is 14.6. The van der Waals surface area contributed by atoms with Gasteiger partial charge in [-0.1, -0.05) is 5.16 Å². The first-order valence-electron chi connectivity index (χ1n) is 11.3. The Morgan fingerprint density at radius 2 is 1.91 bits per heavy atom. The number of piperidine rings is 1. The van der Waals surface area contributed by atoms with Crippen molar-refractivity contribution in [3.63, 3.8) is 0 Å². The molecule has 1 saturated heterocycles. The van der Waals surface area contributed by atoms with Gasteiger partial charge in [-0.05, 0) is 56.2 Å². The summed E-state index contributed by atoms with van der Waals surface area (Å²) in [4.78, 5) is 18.6. The van der Waals surface area contributed by atoms with Gasteiger partial charge in [0.1, 0.15) is 11.6 Å². The van der Waals surface area contributed by atoms with Crippen molar-refractivity contribution in [3.05, 3.63) is 53.9 Å². The summed E-state index contributed by atoms with van der Waals surface area (Å²) < 4.78 is 25.4. The second-order valence-corrected chi connectivity index (χ2v) is 8.11. The number of carbonyl (C=O) groups excluding carboxylic acids is 1. The summed E-state index contributed by atoms with van der Waals surface area (Å²) >= 11 is 0. The van der Waals surface area contributed by atoms with Gasteiger partial charge in [0.25, 0.3) is 0 Å². The van der Waals surface area contributed by atoms with Gasteiger partial charge < -0.3 is 14.2 Å². The zero-order valence-corrected chi connectivity index (χ0v) is 18.7. The van der Waals surface area contributed by atoms with Crippen LogP contribution in [0.4, 0.5) is 10.2 Å². The maximum atomic E-state index is 13.1. The van der Waals surface area contributed by atoms with Gasteiger partial charge in [0.05, 0.1) is 12.5 Å². The van der Waals surface area contributed by atoms with E-state index in [4.69, 9.17) is 14.4 Å². The van der Waals surface area contributed by atoms with Gasteiger partial charge in [0.2, 0.25) is 11.7 Å². The number of nitrogens with zero attached hydrogens (tertiary/aromatic N) is 7. The third-order valence-corrected chi connectivity index (χ3v) is 5.89. The number of hydrogen-bond donors (Lipinski definition) is 0. The van der Waals surface area contributed by atoms with E-state index in [-0.39, 0.29) is 17.7 Å². The van der Waals surface area contributed by atoms with Crippen molar-refractivity contribution in [1.82, 2.24) is 30.0 Å². The first-order chi connectivity index (χ1) is 16.6. The Bertz CT molecular complexity index is 1280. The van der Waals surface area contributed by atoms with Crippen LogP contribution in [0.2, 0.25) is 0 Å². The van der Waals surface area contributed by atoms with Crippen LogP contribution < -0.4 is 4.90 Å². The molecular formula is C23H24FN7O3. The number of fused-ring (bicyclic) bond motifs is 1. The highest BCUT2D eigenvalue weighted by Gasteiger charge is 2.27. The molecule has 4 heterocycles. The van der Waals surface area contributed by atoms with E-state index in [0.717, 1.165) is 31.7 Å². The van der Waals surface area contributed by atoms with Gasteiger partial charge >= 0.3 is 5.97 Å². The van der Waals surface area contributed by atoms with E-state index >= 15 is 0 Å². The van der Waals surface area contributed by atoms with Crippen LogP contribution in [0, 0.1) is 11.7 Å². The van der Waals surface area contributed by atoms with Gasteiger partial charge in [-0.2, -0.15) is 9.50 Å². The number of aromatic nitrogens is 6.